The van der Waals surface area contributed by atoms with Gasteiger partial charge in [0.25, 0.3) is 0 Å². The van der Waals surface area contributed by atoms with E-state index in [1.807, 2.05) is 6.07 Å². The van der Waals surface area contributed by atoms with E-state index in [1.54, 1.807) is 12.4 Å². The minimum absolute atomic E-state index is 0.0474. The maximum atomic E-state index is 13.4. The van der Waals surface area contributed by atoms with Crippen LogP contribution in [0.25, 0.3) is 0 Å². The molecule has 0 radical (unpaired) electrons. The number of hydrogen-bond acceptors (Lipinski definition) is 4. The number of carbonyl (C=O) groups is 1. The summed E-state index contributed by atoms with van der Waals surface area (Å²) < 4.78 is 26.7. The molecule has 1 aromatic carbocycles. The van der Waals surface area contributed by atoms with Crippen LogP contribution in [0.15, 0.2) is 36.7 Å². The van der Waals surface area contributed by atoms with Crippen LogP contribution in [0, 0.1) is 11.6 Å². The van der Waals surface area contributed by atoms with Gasteiger partial charge in [-0.25, -0.2) is 13.6 Å². The van der Waals surface area contributed by atoms with E-state index >= 15 is 0 Å². The van der Waals surface area contributed by atoms with Crippen molar-refractivity contribution in [3.05, 3.63) is 65.0 Å². The van der Waals surface area contributed by atoms with E-state index in [9.17, 15) is 18.7 Å². The minimum Gasteiger partial charge on any atom is -0.465 e. The van der Waals surface area contributed by atoms with Crippen LogP contribution >= 0.6 is 0 Å². The molecule has 28 heavy (non-hydrogen) atoms. The summed E-state index contributed by atoms with van der Waals surface area (Å²) >= 11 is 0. The van der Waals surface area contributed by atoms with Gasteiger partial charge >= 0.3 is 6.09 Å². The number of rotatable bonds is 9. The van der Waals surface area contributed by atoms with E-state index in [0.717, 1.165) is 29.3 Å². The van der Waals surface area contributed by atoms with Crippen LogP contribution in [0.2, 0.25) is 0 Å². The molecule has 8 heteroatoms. The molecule has 1 heterocycles. The number of amides is 1. The molecular formula is C20H25F2N3O3. The topological polar surface area (TPSA) is 94.5 Å². The second-order valence-corrected chi connectivity index (χ2v) is 7.02. The summed E-state index contributed by atoms with van der Waals surface area (Å²) in [5, 5.41) is 24.7. The van der Waals surface area contributed by atoms with Crippen LogP contribution in [-0.4, -0.2) is 40.0 Å². The second-order valence-electron chi connectivity index (χ2n) is 7.02. The fourth-order valence-electron chi connectivity index (χ4n) is 2.85. The summed E-state index contributed by atoms with van der Waals surface area (Å²) in [7, 11) is 0. The highest BCUT2D eigenvalue weighted by atomic mass is 19.1. The molecule has 0 fully saturated rings. The normalized spacial score (nSPS) is 13.4. The lowest BCUT2D eigenvalue weighted by Gasteiger charge is -2.23. The SMILES string of the molecule is CC(C)c1cncc(CNC[C@H](O)[C@H](Cc2cc(F)cc(F)c2)NC(=O)O)c1. The third-order valence-electron chi connectivity index (χ3n) is 4.32. The first kappa shape index (κ1) is 21.7. The number of hydrogen-bond donors (Lipinski definition) is 4. The molecule has 0 unspecified atom stereocenters. The Morgan fingerprint density at radius 2 is 1.79 bits per heavy atom. The molecule has 4 N–H and O–H groups in total. The highest BCUT2D eigenvalue weighted by molar-refractivity contribution is 5.65. The van der Waals surface area contributed by atoms with Crippen LogP contribution in [0.1, 0.15) is 36.5 Å². The van der Waals surface area contributed by atoms with E-state index in [-0.39, 0.29) is 18.5 Å². The lowest BCUT2D eigenvalue weighted by molar-refractivity contribution is 0.117. The van der Waals surface area contributed by atoms with Gasteiger partial charge in [0, 0.05) is 31.5 Å². The zero-order valence-electron chi connectivity index (χ0n) is 15.8. The largest absolute Gasteiger partial charge is 0.465 e. The summed E-state index contributed by atoms with van der Waals surface area (Å²) in [4.78, 5) is 15.2. The predicted molar refractivity (Wildman–Crippen MR) is 101 cm³/mol. The zero-order chi connectivity index (χ0) is 20.7. The van der Waals surface area contributed by atoms with Crippen molar-refractivity contribution in [2.45, 2.75) is 44.9 Å². The summed E-state index contributed by atoms with van der Waals surface area (Å²) in [6.07, 6.45) is 1.05. The number of aliphatic hydroxyl groups is 1. The molecule has 0 spiro atoms. The highest BCUT2D eigenvalue weighted by Crippen LogP contribution is 2.14. The maximum absolute atomic E-state index is 13.4. The van der Waals surface area contributed by atoms with Gasteiger partial charge in [0.2, 0.25) is 0 Å². The number of nitrogens with one attached hydrogen (secondary N) is 2. The van der Waals surface area contributed by atoms with Crippen LogP contribution in [-0.2, 0) is 13.0 Å². The van der Waals surface area contributed by atoms with Crippen molar-refractivity contribution in [2.75, 3.05) is 6.54 Å². The van der Waals surface area contributed by atoms with E-state index in [0.29, 0.717) is 12.5 Å². The Morgan fingerprint density at radius 1 is 1.11 bits per heavy atom. The number of nitrogens with zero attached hydrogens (tertiary/aromatic N) is 1. The highest BCUT2D eigenvalue weighted by Gasteiger charge is 2.22. The number of benzene rings is 1. The first-order chi connectivity index (χ1) is 13.2. The van der Waals surface area contributed by atoms with Gasteiger partial charge in [0.15, 0.2) is 0 Å². The van der Waals surface area contributed by atoms with Crippen molar-refractivity contribution in [1.82, 2.24) is 15.6 Å². The Morgan fingerprint density at radius 3 is 2.39 bits per heavy atom. The van der Waals surface area contributed by atoms with Gasteiger partial charge in [-0.05, 0) is 41.2 Å². The first-order valence-electron chi connectivity index (χ1n) is 9.01. The number of aliphatic hydroxyl groups excluding tert-OH is 1. The van der Waals surface area contributed by atoms with E-state index in [2.05, 4.69) is 29.5 Å². The van der Waals surface area contributed by atoms with Gasteiger partial charge in [-0.15, -0.1) is 0 Å². The van der Waals surface area contributed by atoms with Gasteiger partial charge < -0.3 is 20.8 Å². The monoisotopic (exact) mass is 393 g/mol. The number of halogens is 2. The van der Waals surface area contributed by atoms with Crippen molar-refractivity contribution in [3.63, 3.8) is 0 Å². The zero-order valence-corrected chi connectivity index (χ0v) is 15.8. The van der Waals surface area contributed by atoms with Crippen molar-refractivity contribution in [3.8, 4) is 0 Å². The summed E-state index contributed by atoms with van der Waals surface area (Å²) in [6, 6.07) is 4.05. The molecular weight excluding hydrogens is 368 g/mol. The van der Waals surface area contributed by atoms with Crippen LogP contribution in [0.5, 0.6) is 0 Å². The van der Waals surface area contributed by atoms with E-state index in [1.165, 1.54) is 0 Å². The summed E-state index contributed by atoms with van der Waals surface area (Å²) in [6.45, 7) is 4.67. The Labute approximate surface area is 162 Å². The molecule has 152 valence electrons. The lowest BCUT2D eigenvalue weighted by atomic mass is 10.0. The second kappa shape index (κ2) is 10.1. The van der Waals surface area contributed by atoms with Crippen LogP contribution < -0.4 is 10.6 Å². The van der Waals surface area contributed by atoms with Crippen LogP contribution in [0.3, 0.4) is 0 Å². The molecule has 0 bridgehead atoms. The molecule has 0 saturated carbocycles. The van der Waals surface area contributed by atoms with Gasteiger partial charge in [-0.1, -0.05) is 19.9 Å². The minimum atomic E-state index is -1.32. The molecule has 0 aliphatic rings. The summed E-state index contributed by atoms with van der Waals surface area (Å²) in [5.41, 5.74) is 2.29. The smallest absolute Gasteiger partial charge is 0.404 e. The molecule has 2 rings (SSSR count). The third kappa shape index (κ3) is 6.86. The fourth-order valence-corrected chi connectivity index (χ4v) is 2.85. The Balaban J connectivity index is 1.97. The van der Waals surface area contributed by atoms with Crippen LogP contribution in [0.4, 0.5) is 13.6 Å². The van der Waals surface area contributed by atoms with Crippen molar-refractivity contribution < 1.29 is 23.8 Å². The van der Waals surface area contributed by atoms with Gasteiger partial charge in [0.1, 0.15) is 11.6 Å². The fraction of sp³-hybridized carbons (Fsp3) is 0.400. The van der Waals surface area contributed by atoms with E-state index < -0.39 is 29.9 Å². The maximum Gasteiger partial charge on any atom is 0.404 e. The molecule has 6 nitrogen and oxygen atoms in total. The van der Waals surface area contributed by atoms with Crippen molar-refractivity contribution in [1.29, 1.82) is 0 Å². The van der Waals surface area contributed by atoms with Gasteiger partial charge in [0.05, 0.1) is 12.1 Å². The number of aromatic nitrogens is 1. The van der Waals surface area contributed by atoms with Crippen molar-refractivity contribution in [2.24, 2.45) is 0 Å². The molecule has 0 aliphatic heterocycles. The Hall–Kier alpha value is -2.58. The predicted octanol–water partition coefficient (Wildman–Crippen LogP) is 2.81. The number of pyridine rings is 1. The number of carboxylic acid groups (broad SMARTS) is 1. The quantitative estimate of drug-likeness (QED) is 0.526. The lowest BCUT2D eigenvalue weighted by Crippen LogP contribution is -2.48. The van der Waals surface area contributed by atoms with E-state index in [4.69, 9.17) is 5.11 Å². The summed E-state index contributed by atoms with van der Waals surface area (Å²) in [5.74, 6) is -1.17. The third-order valence-corrected chi connectivity index (χ3v) is 4.32. The molecule has 2 aromatic rings. The molecule has 1 amide bonds. The molecule has 0 aliphatic carbocycles. The molecule has 2 atom stereocenters. The first-order valence-corrected chi connectivity index (χ1v) is 9.01. The van der Waals surface area contributed by atoms with Gasteiger partial charge in [-0.2, -0.15) is 0 Å². The molecule has 1 aromatic heterocycles. The Bertz CT molecular complexity index is 782. The standard InChI is InChI=1S/C20H25F2N3O3/c1-12(2)15-3-14(8-23-10-15)9-24-11-19(26)18(25-20(27)28)6-13-4-16(21)7-17(22)5-13/h3-5,7-8,10,12,18-19,24-26H,6,9,11H2,1-2H3,(H,27,28)/t18-,19-/m0/s1. The average Bonchev–Trinajstić information content (AvgIpc) is 2.60. The Kier molecular flexibility index (Phi) is 7.83. The van der Waals surface area contributed by atoms with Gasteiger partial charge in [-0.3, -0.25) is 4.98 Å². The molecule has 0 saturated heterocycles. The van der Waals surface area contributed by atoms with Crippen molar-refractivity contribution >= 4 is 6.09 Å². The average molecular weight is 393 g/mol.